The van der Waals surface area contributed by atoms with Gasteiger partial charge in [-0.25, -0.2) is 4.98 Å². The Kier molecular flexibility index (Phi) is 5.31. The summed E-state index contributed by atoms with van der Waals surface area (Å²) in [4.78, 5) is 14.4. The van der Waals surface area contributed by atoms with Crippen molar-refractivity contribution in [1.29, 1.82) is 0 Å². The van der Waals surface area contributed by atoms with Gasteiger partial charge in [0.05, 0.1) is 11.0 Å². The van der Waals surface area contributed by atoms with Gasteiger partial charge in [-0.3, -0.25) is 10.1 Å². The van der Waals surface area contributed by atoms with Crippen molar-refractivity contribution < 1.29 is 10.0 Å². The largest absolute Gasteiger partial charge is 0.393 e. The lowest BCUT2D eigenvalue weighted by Crippen LogP contribution is -2.14. The lowest BCUT2D eigenvalue weighted by Gasteiger charge is -2.10. The highest BCUT2D eigenvalue weighted by Crippen LogP contribution is 2.23. The summed E-state index contributed by atoms with van der Waals surface area (Å²) in [6.07, 6.45) is 0.788. The number of anilines is 2. The number of aliphatic hydroxyl groups excluding tert-OH is 1. The third kappa shape index (κ3) is 3.85. The highest BCUT2D eigenvalue weighted by molar-refractivity contribution is 5.60. The summed E-state index contributed by atoms with van der Waals surface area (Å²) in [5, 5.41) is 25.9. The number of pyridine rings is 1. The van der Waals surface area contributed by atoms with Crippen LogP contribution in [0.4, 0.5) is 17.3 Å². The van der Waals surface area contributed by atoms with Gasteiger partial charge in [-0.2, -0.15) is 0 Å². The van der Waals surface area contributed by atoms with Gasteiger partial charge < -0.3 is 15.7 Å². The van der Waals surface area contributed by atoms with Crippen molar-refractivity contribution >= 4 is 17.3 Å². The molecule has 100 valence electrons. The molecule has 1 atom stereocenters. The van der Waals surface area contributed by atoms with Gasteiger partial charge in [0, 0.05) is 19.7 Å². The molecule has 0 aliphatic rings. The number of hydrogen-bond acceptors (Lipinski definition) is 6. The van der Waals surface area contributed by atoms with Gasteiger partial charge in [-0.15, -0.1) is 0 Å². The number of nitrogens with one attached hydrogen (secondary N) is 2. The Hall–Kier alpha value is -1.89. The average Bonchev–Trinajstić information content (AvgIpc) is 2.37. The van der Waals surface area contributed by atoms with Crippen LogP contribution in [-0.2, 0) is 0 Å². The van der Waals surface area contributed by atoms with Crippen molar-refractivity contribution in [2.24, 2.45) is 0 Å². The fourth-order valence-corrected chi connectivity index (χ4v) is 1.43. The van der Waals surface area contributed by atoms with Gasteiger partial charge in [0.25, 0.3) is 0 Å². The van der Waals surface area contributed by atoms with Crippen LogP contribution in [0.2, 0.25) is 0 Å². The average molecular weight is 254 g/mol. The molecule has 0 aliphatic carbocycles. The van der Waals surface area contributed by atoms with E-state index in [1.807, 2.05) is 6.92 Å². The van der Waals surface area contributed by atoms with E-state index in [9.17, 15) is 15.2 Å². The third-order valence-electron chi connectivity index (χ3n) is 2.57. The Morgan fingerprint density at radius 2 is 2.28 bits per heavy atom. The second kappa shape index (κ2) is 6.75. The molecule has 1 aromatic heterocycles. The molecule has 7 nitrogen and oxygen atoms in total. The van der Waals surface area contributed by atoms with Crippen molar-refractivity contribution in [3.05, 3.63) is 22.2 Å². The molecule has 0 saturated heterocycles. The summed E-state index contributed by atoms with van der Waals surface area (Å²) in [6.45, 7) is 2.32. The van der Waals surface area contributed by atoms with Crippen molar-refractivity contribution in [3.8, 4) is 0 Å². The Balaban J connectivity index is 2.75. The summed E-state index contributed by atoms with van der Waals surface area (Å²) in [7, 11) is 1.69. The molecule has 0 aromatic carbocycles. The zero-order chi connectivity index (χ0) is 13.5. The fourth-order valence-electron chi connectivity index (χ4n) is 1.43. The van der Waals surface area contributed by atoms with Gasteiger partial charge in [0.2, 0.25) is 5.82 Å². The molecule has 0 fully saturated rings. The highest BCUT2D eigenvalue weighted by atomic mass is 16.6. The first-order valence-electron chi connectivity index (χ1n) is 5.83. The van der Waals surface area contributed by atoms with E-state index in [1.54, 1.807) is 13.1 Å². The minimum Gasteiger partial charge on any atom is -0.393 e. The first-order valence-corrected chi connectivity index (χ1v) is 5.83. The van der Waals surface area contributed by atoms with E-state index >= 15 is 0 Å². The molecular weight excluding hydrogens is 236 g/mol. The van der Waals surface area contributed by atoms with E-state index in [-0.39, 0.29) is 11.5 Å². The quantitative estimate of drug-likeness (QED) is 0.505. The lowest BCUT2D eigenvalue weighted by molar-refractivity contribution is -0.384. The van der Waals surface area contributed by atoms with Gasteiger partial charge in [-0.1, -0.05) is 6.92 Å². The van der Waals surface area contributed by atoms with E-state index < -0.39 is 11.0 Å². The van der Waals surface area contributed by atoms with Crippen LogP contribution in [-0.4, -0.2) is 34.7 Å². The van der Waals surface area contributed by atoms with Gasteiger partial charge in [0.1, 0.15) is 5.82 Å². The second-order valence-corrected chi connectivity index (χ2v) is 3.85. The maximum Gasteiger partial charge on any atom is 0.311 e. The molecule has 1 unspecified atom stereocenters. The lowest BCUT2D eigenvalue weighted by atomic mass is 10.2. The Bertz CT molecular complexity index is 411. The highest BCUT2D eigenvalue weighted by Gasteiger charge is 2.15. The first-order chi connectivity index (χ1) is 8.58. The number of aromatic nitrogens is 1. The minimum absolute atomic E-state index is 0.0695. The first kappa shape index (κ1) is 14.2. The number of nitrogens with zero attached hydrogens (tertiary/aromatic N) is 2. The molecule has 1 aromatic rings. The molecule has 0 amide bonds. The topological polar surface area (TPSA) is 100 Å². The molecule has 1 heterocycles. The van der Waals surface area contributed by atoms with E-state index in [1.165, 1.54) is 6.07 Å². The van der Waals surface area contributed by atoms with Crippen molar-refractivity contribution in [2.75, 3.05) is 24.2 Å². The minimum atomic E-state index is -0.481. The zero-order valence-corrected chi connectivity index (χ0v) is 10.5. The van der Waals surface area contributed by atoms with Crippen LogP contribution in [0.1, 0.15) is 19.8 Å². The number of nitro groups is 1. The molecule has 3 N–H and O–H groups in total. The smallest absolute Gasteiger partial charge is 0.311 e. The van der Waals surface area contributed by atoms with E-state index in [0.717, 1.165) is 0 Å². The SMILES string of the molecule is CCC(O)CCNc1nc(NC)ccc1[N+](=O)[O-]. The van der Waals surface area contributed by atoms with Crippen molar-refractivity contribution in [3.63, 3.8) is 0 Å². The summed E-state index contributed by atoms with van der Waals surface area (Å²) < 4.78 is 0. The van der Waals surface area contributed by atoms with Crippen LogP contribution in [0.15, 0.2) is 12.1 Å². The Morgan fingerprint density at radius 3 is 2.83 bits per heavy atom. The predicted octanol–water partition coefficient (Wildman–Crippen LogP) is 1.60. The van der Waals surface area contributed by atoms with Crippen LogP contribution in [0.25, 0.3) is 0 Å². The molecule has 1 rings (SSSR count). The normalized spacial score (nSPS) is 11.9. The molecule has 0 radical (unpaired) electrons. The van der Waals surface area contributed by atoms with Crippen molar-refractivity contribution in [2.45, 2.75) is 25.9 Å². The summed E-state index contributed by atoms with van der Waals surface area (Å²) in [5.74, 6) is 0.772. The Morgan fingerprint density at radius 1 is 1.56 bits per heavy atom. The molecule has 0 aliphatic heterocycles. The fraction of sp³-hybridized carbons (Fsp3) is 0.545. The van der Waals surface area contributed by atoms with Crippen LogP contribution in [0, 0.1) is 10.1 Å². The van der Waals surface area contributed by atoms with Crippen LogP contribution in [0.3, 0.4) is 0 Å². The third-order valence-corrected chi connectivity index (χ3v) is 2.57. The van der Waals surface area contributed by atoms with Crippen LogP contribution < -0.4 is 10.6 Å². The van der Waals surface area contributed by atoms with E-state index in [0.29, 0.717) is 25.2 Å². The monoisotopic (exact) mass is 254 g/mol. The van der Waals surface area contributed by atoms with E-state index in [2.05, 4.69) is 15.6 Å². The van der Waals surface area contributed by atoms with Gasteiger partial charge in [0.15, 0.2) is 0 Å². The molecule has 7 heteroatoms. The number of hydrogen-bond donors (Lipinski definition) is 3. The van der Waals surface area contributed by atoms with Gasteiger partial charge in [-0.05, 0) is 18.9 Å². The zero-order valence-electron chi connectivity index (χ0n) is 10.5. The molecule has 0 saturated carbocycles. The van der Waals surface area contributed by atoms with Crippen molar-refractivity contribution in [1.82, 2.24) is 4.98 Å². The predicted molar refractivity (Wildman–Crippen MR) is 69.8 cm³/mol. The molecule has 18 heavy (non-hydrogen) atoms. The second-order valence-electron chi connectivity index (χ2n) is 3.85. The Labute approximate surface area is 105 Å². The molecule has 0 bridgehead atoms. The van der Waals surface area contributed by atoms with Gasteiger partial charge >= 0.3 is 5.69 Å². The van der Waals surface area contributed by atoms with Crippen LogP contribution in [0.5, 0.6) is 0 Å². The maximum absolute atomic E-state index is 10.8. The molecule has 0 spiro atoms. The summed E-state index contributed by atoms with van der Waals surface area (Å²) >= 11 is 0. The summed E-state index contributed by atoms with van der Waals surface area (Å²) in [5.41, 5.74) is -0.0695. The summed E-state index contributed by atoms with van der Waals surface area (Å²) in [6, 6.07) is 2.95. The number of rotatable bonds is 7. The standard InChI is InChI=1S/C11H18N4O3/c1-3-8(16)6-7-13-11-9(15(17)18)4-5-10(12-2)14-11/h4-5,8,16H,3,6-7H2,1-2H3,(H2,12,13,14). The van der Waals surface area contributed by atoms with Crippen LogP contribution >= 0.6 is 0 Å². The van der Waals surface area contributed by atoms with E-state index in [4.69, 9.17) is 0 Å². The number of aliphatic hydroxyl groups is 1. The maximum atomic E-state index is 10.8. The molecular formula is C11H18N4O3.